The number of carbonyl (C=O) groups is 1. The fourth-order valence-corrected chi connectivity index (χ4v) is 4.44. The number of halogens is 1. The standard InChI is InChI=1S/C16H24N2OS.ClH/c1-12-11-17-8-9-18(12)16(19)15-10-13-6-4-2-3-5-7-14(13)20-15;/h10,12,17H,2-9,11H2,1H3;1H/t12-;/m1./s1. The normalized spacial score (nSPS) is 22.7. The lowest BCUT2D eigenvalue weighted by Gasteiger charge is -2.33. The Morgan fingerprint density at radius 2 is 2.05 bits per heavy atom. The van der Waals surface area contributed by atoms with Gasteiger partial charge < -0.3 is 10.2 Å². The summed E-state index contributed by atoms with van der Waals surface area (Å²) in [5.74, 6) is 0.246. The van der Waals surface area contributed by atoms with Crippen molar-refractivity contribution in [2.45, 2.75) is 51.5 Å². The molecule has 0 aromatic carbocycles. The second-order valence-corrected chi connectivity index (χ2v) is 7.16. The molecule has 1 atom stereocenters. The first-order chi connectivity index (χ1) is 9.75. The van der Waals surface area contributed by atoms with Gasteiger partial charge in [0.15, 0.2) is 0 Å². The molecule has 0 radical (unpaired) electrons. The summed E-state index contributed by atoms with van der Waals surface area (Å²) in [5, 5.41) is 3.35. The molecule has 1 N–H and O–H groups in total. The summed E-state index contributed by atoms with van der Waals surface area (Å²) in [6, 6.07) is 2.49. The number of rotatable bonds is 1. The van der Waals surface area contributed by atoms with E-state index < -0.39 is 0 Å². The lowest BCUT2D eigenvalue weighted by molar-refractivity contribution is 0.0660. The van der Waals surface area contributed by atoms with Crippen molar-refractivity contribution in [1.29, 1.82) is 0 Å². The van der Waals surface area contributed by atoms with Crippen molar-refractivity contribution in [2.75, 3.05) is 19.6 Å². The van der Waals surface area contributed by atoms with E-state index in [2.05, 4.69) is 18.3 Å². The van der Waals surface area contributed by atoms with E-state index in [1.54, 1.807) is 11.3 Å². The molecule has 1 aliphatic carbocycles. The van der Waals surface area contributed by atoms with Crippen molar-refractivity contribution in [2.24, 2.45) is 0 Å². The van der Waals surface area contributed by atoms with Gasteiger partial charge in [-0.1, -0.05) is 12.8 Å². The van der Waals surface area contributed by atoms with Crippen molar-refractivity contribution >= 4 is 29.7 Å². The summed E-state index contributed by atoms with van der Waals surface area (Å²) >= 11 is 1.75. The Morgan fingerprint density at radius 1 is 1.29 bits per heavy atom. The van der Waals surface area contributed by atoms with Gasteiger partial charge in [0.1, 0.15) is 0 Å². The van der Waals surface area contributed by atoms with Crippen LogP contribution in [-0.2, 0) is 12.8 Å². The van der Waals surface area contributed by atoms with Gasteiger partial charge in [0.2, 0.25) is 0 Å². The van der Waals surface area contributed by atoms with Gasteiger partial charge in [-0.2, -0.15) is 0 Å². The highest BCUT2D eigenvalue weighted by Crippen LogP contribution is 2.29. The van der Waals surface area contributed by atoms with E-state index in [9.17, 15) is 4.79 Å². The van der Waals surface area contributed by atoms with Crippen molar-refractivity contribution < 1.29 is 4.79 Å². The monoisotopic (exact) mass is 328 g/mol. The molecule has 21 heavy (non-hydrogen) atoms. The maximum atomic E-state index is 12.7. The van der Waals surface area contributed by atoms with Crippen LogP contribution in [0.25, 0.3) is 0 Å². The number of fused-ring (bicyclic) bond motifs is 1. The Bertz CT molecular complexity index is 463. The summed E-state index contributed by atoms with van der Waals surface area (Å²) in [7, 11) is 0. The van der Waals surface area contributed by atoms with Gasteiger partial charge in [0.05, 0.1) is 4.88 Å². The average molecular weight is 329 g/mol. The van der Waals surface area contributed by atoms with E-state index >= 15 is 0 Å². The van der Waals surface area contributed by atoms with E-state index in [4.69, 9.17) is 0 Å². The maximum Gasteiger partial charge on any atom is 0.264 e. The third-order valence-corrected chi connectivity index (χ3v) is 5.69. The molecule has 1 fully saturated rings. The van der Waals surface area contributed by atoms with Crippen LogP contribution >= 0.6 is 23.7 Å². The molecule has 0 unspecified atom stereocenters. The van der Waals surface area contributed by atoms with Crippen molar-refractivity contribution in [3.05, 3.63) is 21.4 Å². The minimum Gasteiger partial charge on any atom is -0.333 e. The number of nitrogens with one attached hydrogen (secondary N) is 1. The molecule has 0 saturated carbocycles. The fourth-order valence-electron chi connectivity index (χ4n) is 3.23. The minimum absolute atomic E-state index is 0. The number of hydrogen-bond acceptors (Lipinski definition) is 3. The molecule has 1 saturated heterocycles. The van der Waals surface area contributed by atoms with Crippen LogP contribution < -0.4 is 5.32 Å². The SMILES string of the molecule is C[C@@H]1CNCCN1C(=O)c1cc2c(s1)CCCCCC2.Cl. The smallest absolute Gasteiger partial charge is 0.264 e. The summed E-state index contributed by atoms with van der Waals surface area (Å²) in [5.41, 5.74) is 1.45. The van der Waals surface area contributed by atoms with Gasteiger partial charge >= 0.3 is 0 Å². The predicted octanol–water partition coefficient (Wildman–Crippen LogP) is 3.26. The largest absolute Gasteiger partial charge is 0.333 e. The molecule has 1 aromatic rings. The Labute approximate surface area is 137 Å². The second kappa shape index (κ2) is 7.61. The zero-order valence-electron chi connectivity index (χ0n) is 12.7. The highest BCUT2D eigenvalue weighted by Gasteiger charge is 2.26. The van der Waals surface area contributed by atoms with E-state index in [0.29, 0.717) is 6.04 Å². The number of amides is 1. The fraction of sp³-hybridized carbons (Fsp3) is 0.688. The number of carbonyl (C=O) groups excluding carboxylic acids is 1. The lowest BCUT2D eigenvalue weighted by Crippen LogP contribution is -2.52. The Hall–Kier alpha value is -0.580. The van der Waals surface area contributed by atoms with Crippen molar-refractivity contribution in [3.8, 4) is 0 Å². The van der Waals surface area contributed by atoms with Crippen LogP contribution in [-0.4, -0.2) is 36.5 Å². The van der Waals surface area contributed by atoms with E-state index in [1.165, 1.54) is 42.5 Å². The molecular formula is C16H25ClN2OS. The highest BCUT2D eigenvalue weighted by atomic mass is 35.5. The number of nitrogens with zero attached hydrogens (tertiary/aromatic N) is 1. The molecule has 1 aromatic heterocycles. The van der Waals surface area contributed by atoms with Gasteiger partial charge in [0.25, 0.3) is 5.91 Å². The van der Waals surface area contributed by atoms with Gasteiger partial charge in [-0.05, 0) is 44.2 Å². The molecule has 1 aliphatic heterocycles. The minimum atomic E-state index is 0. The predicted molar refractivity (Wildman–Crippen MR) is 90.8 cm³/mol. The molecule has 118 valence electrons. The Morgan fingerprint density at radius 3 is 2.81 bits per heavy atom. The van der Waals surface area contributed by atoms with E-state index in [0.717, 1.165) is 30.9 Å². The molecule has 3 rings (SSSR count). The third-order valence-electron chi connectivity index (χ3n) is 4.47. The van der Waals surface area contributed by atoms with Gasteiger partial charge in [0, 0.05) is 30.6 Å². The number of thiophene rings is 1. The average Bonchev–Trinajstić information content (AvgIpc) is 2.81. The Kier molecular flexibility index (Phi) is 6.08. The molecule has 2 aliphatic rings. The summed E-state index contributed by atoms with van der Waals surface area (Å²) in [6.07, 6.45) is 7.58. The first-order valence-electron chi connectivity index (χ1n) is 7.89. The molecular weight excluding hydrogens is 304 g/mol. The highest BCUT2D eigenvalue weighted by molar-refractivity contribution is 7.14. The van der Waals surface area contributed by atoms with Crippen LogP contribution in [0.1, 0.15) is 52.7 Å². The number of piperazine rings is 1. The first-order valence-corrected chi connectivity index (χ1v) is 8.70. The number of aryl methyl sites for hydroxylation is 2. The first kappa shape index (κ1) is 16.8. The van der Waals surface area contributed by atoms with Crippen LogP contribution in [0.4, 0.5) is 0 Å². The van der Waals surface area contributed by atoms with Gasteiger partial charge in [-0.25, -0.2) is 0 Å². The third kappa shape index (κ3) is 3.79. The molecule has 0 spiro atoms. The van der Waals surface area contributed by atoms with Crippen LogP contribution in [0.3, 0.4) is 0 Å². The van der Waals surface area contributed by atoms with Crippen LogP contribution in [0.15, 0.2) is 6.07 Å². The van der Waals surface area contributed by atoms with Crippen molar-refractivity contribution in [1.82, 2.24) is 10.2 Å². The quantitative estimate of drug-likeness (QED) is 0.858. The van der Waals surface area contributed by atoms with Crippen molar-refractivity contribution in [3.63, 3.8) is 0 Å². The molecule has 0 bridgehead atoms. The topological polar surface area (TPSA) is 32.3 Å². The summed E-state index contributed by atoms with van der Waals surface area (Å²) in [4.78, 5) is 17.2. The molecule has 3 nitrogen and oxygen atoms in total. The molecule has 2 heterocycles. The maximum absolute atomic E-state index is 12.7. The van der Waals surface area contributed by atoms with E-state index in [-0.39, 0.29) is 18.3 Å². The van der Waals surface area contributed by atoms with Crippen LogP contribution in [0, 0.1) is 0 Å². The molecule has 1 amide bonds. The zero-order valence-corrected chi connectivity index (χ0v) is 14.3. The lowest BCUT2D eigenvalue weighted by atomic mass is 9.99. The van der Waals surface area contributed by atoms with Gasteiger partial charge in [-0.15, -0.1) is 23.7 Å². The summed E-state index contributed by atoms with van der Waals surface area (Å²) in [6.45, 7) is 4.80. The van der Waals surface area contributed by atoms with Crippen LogP contribution in [0.5, 0.6) is 0 Å². The van der Waals surface area contributed by atoms with Gasteiger partial charge in [-0.3, -0.25) is 4.79 Å². The van der Waals surface area contributed by atoms with Crippen LogP contribution in [0.2, 0.25) is 0 Å². The summed E-state index contributed by atoms with van der Waals surface area (Å²) < 4.78 is 0. The second-order valence-electron chi connectivity index (χ2n) is 6.02. The van der Waals surface area contributed by atoms with E-state index in [1.807, 2.05) is 4.90 Å². The Balaban J connectivity index is 0.00000161. The number of hydrogen-bond donors (Lipinski definition) is 1. The zero-order chi connectivity index (χ0) is 13.9. The molecule has 5 heteroatoms.